The standard InChI is InChI=1S/C13H15FN2O/c1-9(2)12-7-13(17)16(15-12)8-10-4-3-5-11(14)6-10/h3-7,9,15H,8H2,1-2H3. The van der Waals surface area contributed by atoms with Gasteiger partial charge in [-0.05, 0) is 23.6 Å². The number of nitrogens with one attached hydrogen (secondary N) is 1. The number of hydrogen-bond acceptors (Lipinski definition) is 1. The van der Waals surface area contributed by atoms with Crippen molar-refractivity contribution in [3.63, 3.8) is 0 Å². The van der Waals surface area contributed by atoms with E-state index in [1.54, 1.807) is 18.2 Å². The highest BCUT2D eigenvalue weighted by atomic mass is 19.1. The molecule has 0 amide bonds. The third kappa shape index (κ3) is 2.64. The smallest absolute Gasteiger partial charge is 0.267 e. The van der Waals surface area contributed by atoms with Crippen LogP contribution in [-0.4, -0.2) is 9.78 Å². The van der Waals surface area contributed by atoms with Crippen molar-refractivity contribution in [2.75, 3.05) is 0 Å². The maximum Gasteiger partial charge on any atom is 0.267 e. The lowest BCUT2D eigenvalue weighted by Gasteiger charge is -2.04. The van der Waals surface area contributed by atoms with Crippen molar-refractivity contribution in [1.29, 1.82) is 0 Å². The van der Waals surface area contributed by atoms with Crippen molar-refractivity contribution in [3.05, 3.63) is 57.8 Å². The Morgan fingerprint density at radius 2 is 2.12 bits per heavy atom. The SMILES string of the molecule is CC(C)c1cc(=O)n(Cc2cccc(F)c2)[nH]1. The molecule has 0 unspecified atom stereocenters. The second-order valence-electron chi connectivity index (χ2n) is 4.42. The van der Waals surface area contributed by atoms with Crippen molar-refractivity contribution < 1.29 is 4.39 Å². The van der Waals surface area contributed by atoms with Crippen LogP contribution in [0.3, 0.4) is 0 Å². The highest BCUT2D eigenvalue weighted by Gasteiger charge is 2.06. The van der Waals surface area contributed by atoms with Crippen molar-refractivity contribution in [3.8, 4) is 0 Å². The first kappa shape index (κ1) is 11.6. The van der Waals surface area contributed by atoms with Crippen molar-refractivity contribution in [1.82, 2.24) is 9.78 Å². The Morgan fingerprint density at radius 1 is 1.35 bits per heavy atom. The number of rotatable bonds is 3. The fourth-order valence-corrected chi connectivity index (χ4v) is 1.69. The molecule has 1 aromatic carbocycles. The number of aromatic nitrogens is 2. The van der Waals surface area contributed by atoms with Crippen molar-refractivity contribution >= 4 is 0 Å². The number of H-pyrrole nitrogens is 1. The van der Waals surface area contributed by atoms with Crippen LogP contribution in [-0.2, 0) is 6.54 Å². The van der Waals surface area contributed by atoms with E-state index in [-0.39, 0.29) is 17.3 Å². The average molecular weight is 234 g/mol. The lowest BCUT2D eigenvalue weighted by Crippen LogP contribution is -2.16. The summed E-state index contributed by atoms with van der Waals surface area (Å²) in [5.74, 6) is -0.0114. The fourth-order valence-electron chi connectivity index (χ4n) is 1.69. The zero-order chi connectivity index (χ0) is 12.4. The summed E-state index contributed by atoms with van der Waals surface area (Å²) in [5.41, 5.74) is 1.58. The van der Waals surface area contributed by atoms with E-state index >= 15 is 0 Å². The molecule has 90 valence electrons. The number of aromatic amines is 1. The summed E-state index contributed by atoms with van der Waals surface area (Å²) in [4.78, 5) is 11.7. The summed E-state index contributed by atoms with van der Waals surface area (Å²) in [6, 6.07) is 7.85. The van der Waals surface area contributed by atoms with Gasteiger partial charge in [0.15, 0.2) is 0 Å². The molecule has 0 saturated heterocycles. The molecule has 17 heavy (non-hydrogen) atoms. The number of benzene rings is 1. The molecular weight excluding hydrogens is 219 g/mol. The normalized spacial score (nSPS) is 11.1. The quantitative estimate of drug-likeness (QED) is 0.870. The van der Waals surface area contributed by atoms with Gasteiger partial charge in [-0.1, -0.05) is 26.0 Å². The van der Waals surface area contributed by atoms with Gasteiger partial charge in [-0.3, -0.25) is 9.89 Å². The number of nitrogens with zero attached hydrogens (tertiary/aromatic N) is 1. The predicted octanol–water partition coefficient (Wildman–Crippen LogP) is 2.49. The van der Waals surface area contributed by atoms with Crippen LogP contribution in [0.15, 0.2) is 35.1 Å². The van der Waals surface area contributed by atoms with Gasteiger partial charge in [0.2, 0.25) is 0 Å². The minimum atomic E-state index is -0.286. The molecule has 0 fully saturated rings. The Kier molecular flexibility index (Phi) is 3.13. The summed E-state index contributed by atoms with van der Waals surface area (Å²) in [6.07, 6.45) is 0. The Hall–Kier alpha value is -1.84. The molecule has 0 aliphatic heterocycles. The molecule has 2 rings (SSSR count). The summed E-state index contributed by atoms with van der Waals surface area (Å²) in [5, 5.41) is 3.03. The van der Waals surface area contributed by atoms with E-state index in [1.807, 2.05) is 13.8 Å². The first-order valence-corrected chi connectivity index (χ1v) is 5.60. The number of hydrogen-bond donors (Lipinski definition) is 1. The first-order valence-electron chi connectivity index (χ1n) is 5.60. The van der Waals surface area contributed by atoms with Gasteiger partial charge < -0.3 is 0 Å². The first-order chi connectivity index (χ1) is 8.06. The largest absolute Gasteiger partial charge is 0.299 e. The highest BCUT2D eigenvalue weighted by Crippen LogP contribution is 2.09. The van der Waals surface area contributed by atoms with Gasteiger partial charge >= 0.3 is 0 Å². The summed E-state index contributed by atoms with van der Waals surface area (Å²) >= 11 is 0. The molecule has 0 bridgehead atoms. The molecular formula is C13H15FN2O. The average Bonchev–Trinajstić information content (AvgIpc) is 2.61. The maximum atomic E-state index is 13.0. The summed E-state index contributed by atoms with van der Waals surface area (Å²) in [6.45, 7) is 4.39. The highest BCUT2D eigenvalue weighted by molar-refractivity contribution is 5.17. The monoisotopic (exact) mass is 234 g/mol. The van der Waals surface area contributed by atoms with Crippen LogP contribution >= 0.6 is 0 Å². The maximum absolute atomic E-state index is 13.0. The lowest BCUT2D eigenvalue weighted by atomic mass is 10.1. The molecule has 4 heteroatoms. The van der Waals surface area contributed by atoms with E-state index in [2.05, 4.69) is 5.10 Å². The van der Waals surface area contributed by atoms with Crippen LogP contribution < -0.4 is 5.56 Å². The second-order valence-corrected chi connectivity index (χ2v) is 4.42. The van der Waals surface area contributed by atoms with Gasteiger partial charge in [0.25, 0.3) is 5.56 Å². The molecule has 1 N–H and O–H groups in total. The molecule has 0 spiro atoms. The molecule has 1 heterocycles. The van der Waals surface area contributed by atoms with Gasteiger partial charge in [0, 0.05) is 11.8 Å². The third-order valence-electron chi connectivity index (χ3n) is 2.66. The Labute approximate surface area is 98.9 Å². The van der Waals surface area contributed by atoms with Crippen LogP contribution in [0.5, 0.6) is 0 Å². The van der Waals surface area contributed by atoms with E-state index < -0.39 is 0 Å². The summed E-state index contributed by atoms with van der Waals surface area (Å²) in [7, 11) is 0. The molecule has 0 aliphatic rings. The zero-order valence-electron chi connectivity index (χ0n) is 9.90. The van der Waals surface area contributed by atoms with Crippen molar-refractivity contribution in [2.24, 2.45) is 0 Å². The van der Waals surface area contributed by atoms with E-state index in [9.17, 15) is 9.18 Å². The molecule has 0 aliphatic carbocycles. The van der Waals surface area contributed by atoms with Crippen LogP contribution in [0.4, 0.5) is 4.39 Å². The summed E-state index contributed by atoms with van der Waals surface area (Å²) < 4.78 is 14.5. The Balaban J connectivity index is 2.27. The fraction of sp³-hybridized carbons (Fsp3) is 0.308. The van der Waals surface area contributed by atoms with Crippen LogP contribution in [0.25, 0.3) is 0 Å². The van der Waals surface area contributed by atoms with Crippen LogP contribution in [0.1, 0.15) is 31.0 Å². The number of halogens is 1. The van der Waals surface area contributed by atoms with Gasteiger partial charge in [-0.15, -0.1) is 0 Å². The van der Waals surface area contributed by atoms with Gasteiger partial charge in [0.1, 0.15) is 5.82 Å². The predicted molar refractivity (Wildman–Crippen MR) is 64.6 cm³/mol. The van der Waals surface area contributed by atoms with Crippen LogP contribution in [0.2, 0.25) is 0 Å². The van der Waals surface area contributed by atoms with E-state index in [0.29, 0.717) is 6.54 Å². The van der Waals surface area contributed by atoms with E-state index in [1.165, 1.54) is 16.8 Å². The third-order valence-corrected chi connectivity index (χ3v) is 2.66. The zero-order valence-corrected chi connectivity index (χ0v) is 9.90. The lowest BCUT2D eigenvalue weighted by molar-refractivity contribution is 0.612. The molecule has 2 aromatic rings. The molecule has 1 aromatic heterocycles. The minimum Gasteiger partial charge on any atom is -0.299 e. The van der Waals surface area contributed by atoms with Gasteiger partial charge in [-0.2, -0.15) is 0 Å². The van der Waals surface area contributed by atoms with Crippen LogP contribution in [0, 0.1) is 5.82 Å². The molecule has 0 saturated carbocycles. The molecule has 0 atom stereocenters. The topological polar surface area (TPSA) is 37.8 Å². The van der Waals surface area contributed by atoms with Crippen molar-refractivity contribution in [2.45, 2.75) is 26.3 Å². The van der Waals surface area contributed by atoms with Gasteiger partial charge in [0.05, 0.1) is 6.54 Å². The second kappa shape index (κ2) is 4.57. The van der Waals surface area contributed by atoms with Gasteiger partial charge in [-0.25, -0.2) is 9.07 Å². The molecule has 3 nitrogen and oxygen atoms in total. The molecule has 0 radical (unpaired) electrons. The Bertz CT molecular complexity index is 569. The van der Waals surface area contributed by atoms with E-state index in [4.69, 9.17) is 0 Å². The van der Waals surface area contributed by atoms with E-state index in [0.717, 1.165) is 11.3 Å². The minimum absolute atomic E-state index is 0.0852. The Morgan fingerprint density at radius 3 is 2.71 bits per heavy atom.